The number of fused-ring (bicyclic) bond motifs is 2. The molecule has 4 nitrogen and oxygen atoms in total. The molecule has 0 saturated heterocycles. The normalized spacial score (nSPS) is 25.5. The molecule has 2 saturated carbocycles. The van der Waals surface area contributed by atoms with Crippen molar-refractivity contribution in [2.24, 2.45) is 17.8 Å². The maximum atomic E-state index is 14.3. The Morgan fingerprint density at radius 3 is 2.85 bits per heavy atom. The predicted octanol–water partition coefficient (Wildman–Crippen LogP) is 5.00. The summed E-state index contributed by atoms with van der Waals surface area (Å²) in [4.78, 5) is 12.9. The van der Waals surface area contributed by atoms with Crippen LogP contribution >= 0.6 is 11.6 Å². The van der Waals surface area contributed by atoms with E-state index in [0.717, 1.165) is 5.92 Å². The summed E-state index contributed by atoms with van der Waals surface area (Å²) in [5.41, 5.74) is 0.513. The molecule has 4 atom stereocenters. The molecule has 2 aliphatic rings. The van der Waals surface area contributed by atoms with Crippen molar-refractivity contribution in [2.45, 2.75) is 45.6 Å². The van der Waals surface area contributed by atoms with Gasteiger partial charge in [-0.15, -0.1) is 0 Å². The molecule has 1 heterocycles. The predicted molar refractivity (Wildman–Crippen MR) is 97.5 cm³/mol. The monoisotopic (exact) mass is 376 g/mol. The summed E-state index contributed by atoms with van der Waals surface area (Å²) in [5, 5.41) is 7.21. The lowest BCUT2D eigenvalue weighted by atomic mass is 9.84. The molecule has 2 aliphatic carbocycles. The van der Waals surface area contributed by atoms with Crippen molar-refractivity contribution in [2.75, 3.05) is 0 Å². The molecule has 0 unspecified atom stereocenters. The third-order valence-corrected chi connectivity index (χ3v) is 6.40. The Morgan fingerprint density at radius 2 is 2.19 bits per heavy atom. The fourth-order valence-corrected chi connectivity index (χ4v) is 5.08. The van der Waals surface area contributed by atoms with Crippen LogP contribution in [0.25, 0.3) is 11.3 Å². The summed E-state index contributed by atoms with van der Waals surface area (Å²) in [6, 6.07) is 4.45. The van der Waals surface area contributed by atoms with E-state index in [1.807, 2.05) is 0 Å². The SMILES string of the molecule is Cc1onc(-c2c(F)cccc2Cl)c1C(=O)N[C@H](C)[C@@H]1C[C@H]2CC[C@H]1C2. The van der Waals surface area contributed by atoms with Gasteiger partial charge in [0, 0.05) is 6.04 Å². The molecule has 2 fully saturated rings. The molecular formula is C20H22ClFN2O2. The van der Waals surface area contributed by atoms with E-state index in [9.17, 15) is 9.18 Å². The Kier molecular flexibility index (Phi) is 4.51. The van der Waals surface area contributed by atoms with Crippen LogP contribution < -0.4 is 5.32 Å². The summed E-state index contributed by atoms with van der Waals surface area (Å²) < 4.78 is 19.5. The van der Waals surface area contributed by atoms with Gasteiger partial charge in [0.1, 0.15) is 22.8 Å². The molecule has 1 aromatic carbocycles. The van der Waals surface area contributed by atoms with Crippen LogP contribution in [0.4, 0.5) is 4.39 Å². The topological polar surface area (TPSA) is 55.1 Å². The van der Waals surface area contributed by atoms with Crippen molar-refractivity contribution in [3.63, 3.8) is 0 Å². The minimum absolute atomic E-state index is 0.0658. The highest BCUT2D eigenvalue weighted by molar-refractivity contribution is 6.33. The van der Waals surface area contributed by atoms with Crippen LogP contribution in [0.15, 0.2) is 22.7 Å². The van der Waals surface area contributed by atoms with E-state index in [1.165, 1.54) is 37.8 Å². The number of aryl methyl sites for hydroxylation is 1. The van der Waals surface area contributed by atoms with Gasteiger partial charge in [-0.05, 0) is 63.0 Å². The lowest BCUT2D eigenvalue weighted by Gasteiger charge is -2.28. The third-order valence-electron chi connectivity index (χ3n) is 6.08. The molecule has 0 aliphatic heterocycles. The van der Waals surface area contributed by atoms with E-state index in [0.29, 0.717) is 17.6 Å². The van der Waals surface area contributed by atoms with Crippen LogP contribution in [0, 0.1) is 30.5 Å². The highest BCUT2D eigenvalue weighted by atomic mass is 35.5. The number of amides is 1. The minimum Gasteiger partial charge on any atom is -0.360 e. The molecule has 6 heteroatoms. The average molecular weight is 377 g/mol. The molecule has 2 bridgehead atoms. The first-order chi connectivity index (χ1) is 12.5. The number of benzene rings is 1. The zero-order chi connectivity index (χ0) is 18.4. The Labute approximate surface area is 157 Å². The molecule has 0 spiro atoms. The van der Waals surface area contributed by atoms with Gasteiger partial charge in [0.25, 0.3) is 5.91 Å². The molecule has 138 valence electrons. The van der Waals surface area contributed by atoms with Gasteiger partial charge in [-0.25, -0.2) is 4.39 Å². The Morgan fingerprint density at radius 1 is 1.38 bits per heavy atom. The first kappa shape index (κ1) is 17.5. The number of nitrogens with zero attached hydrogens (tertiary/aromatic N) is 1. The van der Waals surface area contributed by atoms with Crippen molar-refractivity contribution in [1.82, 2.24) is 10.5 Å². The smallest absolute Gasteiger partial charge is 0.257 e. The van der Waals surface area contributed by atoms with Crippen molar-refractivity contribution in [1.29, 1.82) is 0 Å². The van der Waals surface area contributed by atoms with E-state index in [-0.39, 0.29) is 33.8 Å². The van der Waals surface area contributed by atoms with E-state index in [4.69, 9.17) is 16.1 Å². The van der Waals surface area contributed by atoms with Gasteiger partial charge < -0.3 is 9.84 Å². The second kappa shape index (κ2) is 6.69. The molecule has 1 aromatic heterocycles. The fourth-order valence-electron chi connectivity index (χ4n) is 4.83. The van der Waals surface area contributed by atoms with Crippen LogP contribution in [-0.4, -0.2) is 17.1 Å². The summed E-state index contributed by atoms with van der Waals surface area (Å²) >= 11 is 6.15. The number of aromatic nitrogens is 1. The van der Waals surface area contributed by atoms with Gasteiger partial charge >= 0.3 is 0 Å². The molecule has 4 rings (SSSR count). The van der Waals surface area contributed by atoms with Gasteiger partial charge in [-0.3, -0.25) is 4.79 Å². The van der Waals surface area contributed by atoms with Gasteiger partial charge in [0.2, 0.25) is 0 Å². The molecular weight excluding hydrogens is 355 g/mol. The van der Waals surface area contributed by atoms with Crippen LogP contribution in [-0.2, 0) is 0 Å². The number of hydrogen-bond donors (Lipinski definition) is 1. The largest absolute Gasteiger partial charge is 0.360 e. The second-order valence-electron chi connectivity index (χ2n) is 7.66. The Balaban J connectivity index is 1.60. The molecule has 1 amide bonds. The number of nitrogens with one attached hydrogen (secondary N) is 1. The van der Waals surface area contributed by atoms with Crippen LogP contribution in [0.5, 0.6) is 0 Å². The quantitative estimate of drug-likeness (QED) is 0.817. The zero-order valence-corrected chi connectivity index (χ0v) is 15.6. The van der Waals surface area contributed by atoms with Gasteiger partial charge in [-0.2, -0.15) is 0 Å². The fraction of sp³-hybridized carbons (Fsp3) is 0.500. The third kappa shape index (κ3) is 2.92. The molecule has 0 radical (unpaired) electrons. The van der Waals surface area contributed by atoms with E-state index < -0.39 is 5.82 Å². The van der Waals surface area contributed by atoms with Crippen LogP contribution in [0.1, 0.15) is 48.7 Å². The van der Waals surface area contributed by atoms with Crippen molar-refractivity contribution >= 4 is 17.5 Å². The van der Waals surface area contributed by atoms with E-state index in [2.05, 4.69) is 17.4 Å². The first-order valence-corrected chi connectivity index (χ1v) is 9.55. The highest BCUT2D eigenvalue weighted by Gasteiger charge is 2.42. The highest BCUT2D eigenvalue weighted by Crippen LogP contribution is 2.49. The van der Waals surface area contributed by atoms with Crippen LogP contribution in [0.2, 0.25) is 5.02 Å². The zero-order valence-electron chi connectivity index (χ0n) is 14.9. The second-order valence-corrected chi connectivity index (χ2v) is 8.07. The minimum atomic E-state index is -0.527. The van der Waals surface area contributed by atoms with Gasteiger partial charge in [0.05, 0.1) is 10.6 Å². The molecule has 1 N–H and O–H groups in total. The number of hydrogen-bond acceptors (Lipinski definition) is 3. The number of carbonyl (C=O) groups is 1. The maximum Gasteiger partial charge on any atom is 0.257 e. The van der Waals surface area contributed by atoms with Crippen molar-refractivity contribution in [3.05, 3.63) is 40.4 Å². The summed E-state index contributed by atoms with van der Waals surface area (Å²) in [7, 11) is 0. The number of carbonyl (C=O) groups excluding carboxylic acids is 1. The van der Waals surface area contributed by atoms with Gasteiger partial charge in [-0.1, -0.05) is 29.2 Å². The van der Waals surface area contributed by atoms with E-state index in [1.54, 1.807) is 13.0 Å². The summed E-state index contributed by atoms with van der Waals surface area (Å²) in [6.07, 6.45) is 5.05. The maximum absolute atomic E-state index is 14.3. The van der Waals surface area contributed by atoms with Crippen molar-refractivity contribution in [3.8, 4) is 11.3 Å². The van der Waals surface area contributed by atoms with Crippen LogP contribution in [0.3, 0.4) is 0 Å². The number of halogens is 2. The summed E-state index contributed by atoms with van der Waals surface area (Å²) in [5.74, 6) is 1.58. The lowest BCUT2D eigenvalue weighted by Crippen LogP contribution is -2.40. The number of rotatable bonds is 4. The first-order valence-electron chi connectivity index (χ1n) is 9.17. The lowest BCUT2D eigenvalue weighted by molar-refractivity contribution is 0.0914. The summed E-state index contributed by atoms with van der Waals surface area (Å²) in [6.45, 7) is 3.71. The Bertz CT molecular complexity index is 830. The standard InChI is InChI=1S/C20H22ClFN2O2/c1-10(14-9-12-6-7-13(14)8-12)23-20(25)17-11(2)26-24-19(17)18-15(21)4-3-5-16(18)22/h3-5,10,12-14H,6-9H2,1-2H3,(H,23,25)/t10-,12+,13+,14+/m1/s1. The van der Waals surface area contributed by atoms with Gasteiger partial charge in [0.15, 0.2) is 0 Å². The Hall–Kier alpha value is -1.88. The molecule has 26 heavy (non-hydrogen) atoms. The van der Waals surface area contributed by atoms with E-state index >= 15 is 0 Å². The average Bonchev–Trinajstić information content (AvgIpc) is 3.30. The van der Waals surface area contributed by atoms with Crippen molar-refractivity contribution < 1.29 is 13.7 Å². The molecule has 2 aromatic rings.